The number of hydrogen-bond acceptors (Lipinski definition) is 4. The Hall–Kier alpha value is -7.83. The molecule has 1 aliphatic heterocycles. The average molecular weight is 728 g/mol. The molecular weight excluding hydrogens is 699 g/mol. The number of furan rings is 1. The van der Waals surface area contributed by atoms with Crippen molar-refractivity contribution in [1.29, 1.82) is 0 Å². The minimum Gasteiger partial charge on any atom is -0.456 e. The third kappa shape index (κ3) is 4.16. The largest absolute Gasteiger partial charge is 0.456 e. The van der Waals surface area contributed by atoms with Gasteiger partial charge in [0.25, 0.3) is 0 Å². The van der Waals surface area contributed by atoms with Gasteiger partial charge in [-0.3, -0.25) is 4.57 Å². The monoisotopic (exact) mass is 727 g/mol. The summed E-state index contributed by atoms with van der Waals surface area (Å²) >= 11 is 0. The first-order chi connectivity index (χ1) is 28.3. The van der Waals surface area contributed by atoms with Crippen LogP contribution < -0.4 is 0 Å². The predicted molar refractivity (Wildman–Crippen MR) is 231 cm³/mol. The van der Waals surface area contributed by atoms with Crippen LogP contribution in [0.2, 0.25) is 0 Å². The highest BCUT2D eigenvalue weighted by atomic mass is 16.3. The Balaban J connectivity index is 1.21. The lowest BCUT2D eigenvalue weighted by Crippen LogP contribution is -2.06. The number of para-hydroxylation sites is 4. The zero-order chi connectivity index (χ0) is 37.2. The summed E-state index contributed by atoms with van der Waals surface area (Å²) in [6, 6.07) is 61.9. The van der Waals surface area contributed by atoms with E-state index in [-0.39, 0.29) is 0 Å². The molecule has 0 N–H and O–H groups in total. The predicted octanol–water partition coefficient (Wildman–Crippen LogP) is 12.9. The Morgan fingerprint density at radius 3 is 1.88 bits per heavy atom. The quantitative estimate of drug-likeness (QED) is 0.182. The van der Waals surface area contributed by atoms with E-state index in [1.165, 1.54) is 49.7 Å². The first kappa shape index (κ1) is 30.5. The number of hydrogen-bond donors (Lipinski definition) is 0. The maximum absolute atomic E-state index is 6.34. The van der Waals surface area contributed by atoms with Gasteiger partial charge >= 0.3 is 0 Å². The molecule has 6 nitrogen and oxygen atoms in total. The summed E-state index contributed by atoms with van der Waals surface area (Å²) in [5.41, 5.74) is 13.8. The number of rotatable bonds is 3. The van der Waals surface area contributed by atoms with Crippen LogP contribution in [0.1, 0.15) is 0 Å². The lowest BCUT2D eigenvalue weighted by atomic mass is 9.91. The first-order valence-corrected chi connectivity index (χ1v) is 19.2. The molecule has 12 aromatic rings. The van der Waals surface area contributed by atoms with Crippen molar-refractivity contribution in [1.82, 2.24) is 24.1 Å². The molecule has 8 aromatic carbocycles. The molecule has 264 valence electrons. The normalized spacial score (nSPS) is 12.2. The Kier molecular flexibility index (Phi) is 6.07. The summed E-state index contributed by atoms with van der Waals surface area (Å²) < 4.78 is 11.1. The van der Waals surface area contributed by atoms with E-state index >= 15 is 0 Å². The zero-order valence-electron chi connectivity index (χ0n) is 30.4. The summed E-state index contributed by atoms with van der Waals surface area (Å²) in [5, 5.41) is 6.67. The second-order valence-corrected chi connectivity index (χ2v) is 14.7. The van der Waals surface area contributed by atoms with Crippen LogP contribution in [0.15, 0.2) is 180 Å². The van der Waals surface area contributed by atoms with Crippen molar-refractivity contribution < 1.29 is 4.42 Å². The molecule has 0 amide bonds. The van der Waals surface area contributed by atoms with Crippen LogP contribution in [0.5, 0.6) is 0 Å². The van der Waals surface area contributed by atoms with Crippen molar-refractivity contribution in [2.24, 2.45) is 0 Å². The molecule has 13 rings (SSSR count). The Morgan fingerprint density at radius 1 is 0.386 bits per heavy atom. The van der Waals surface area contributed by atoms with E-state index in [1.54, 1.807) is 0 Å². The van der Waals surface area contributed by atoms with Crippen LogP contribution in [-0.2, 0) is 0 Å². The topological polar surface area (TPSA) is 61.7 Å². The number of aromatic nitrogens is 5. The smallest absolute Gasteiger partial charge is 0.238 e. The summed E-state index contributed by atoms with van der Waals surface area (Å²) in [5.74, 6) is 1.73. The lowest BCUT2D eigenvalue weighted by molar-refractivity contribution is 0.669. The van der Waals surface area contributed by atoms with Gasteiger partial charge in [-0.25, -0.2) is 4.98 Å². The van der Waals surface area contributed by atoms with Gasteiger partial charge < -0.3 is 8.98 Å². The molecule has 0 atom stereocenters. The zero-order valence-corrected chi connectivity index (χ0v) is 30.4. The van der Waals surface area contributed by atoms with Crippen molar-refractivity contribution >= 4 is 65.6 Å². The molecular formula is C51H29N5O. The van der Waals surface area contributed by atoms with Crippen molar-refractivity contribution in [3.8, 4) is 56.7 Å². The van der Waals surface area contributed by atoms with E-state index in [2.05, 4.69) is 137 Å². The van der Waals surface area contributed by atoms with Crippen LogP contribution in [0.3, 0.4) is 0 Å². The fourth-order valence-electron chi connectivity index (χ4n) is 9.39. The van der Waals surface area contributed by atoms with Gasteiger partial charge in [-0.2, -0.15) is 9.97 Å². The van der Waals surface area contributed by atoms with E-state index in [9.17, 15) is 0 Å². The maximum atomic E-state index is 6.34. The highest BCUT2D eigenvalue weighted by Crippen LogP contribution is 2.51. The van der Waals surface area contributed by atoms with Gasteiger partial charge in [-0.05, 0) is 47.5 Å². The second kappa shape index (κ2) is 11.4. The summed E-state index contributed by atoms with van der Waals surface area (Å²) in [4.78, 5) is 15.9. The van der Waals surface area contributed by atoms with Crippen LogP contribution in [0.25, 0.3) is 122 Å². The molecule has 57 heavy (non-hydrogen) atoms. The molecule has 0 unspecified atom stereocenters. The standard InChI is InChI=1S/C51H29N5O/c1-2-15-30(16-3-1)49-52-50(37-23-14-28-44-45(37)36-22-9-13-27-43(36)57-44)54-51(53-49)56-41-26-12-8-21-35(41)46-42(56)29-38-33-19-7-11-25-40(33)55-39-24-10-6-18-32(39)31-17-4-5-20-34(31)47(46)48(38)55/h1-29H. The van der Waals surface area contributed by atoms with E-state index in [0.717, 1.165) is 54.9 Å². The number of fused-ring (bicyclic) bond motifs is 15. The van der Waals surface area contributed by atoms with Crippen molar-refractivity contribution in [3.05, 3.63) is 176 Å². The molecule has 6 heteroatoms. The second-order valence-electron chi connectivity index (χ2n) is 14.7. The first-order valence-electron chi connectivity index (χ1n) is 19.2. The van der Waals surface area contributed by atoms with Crippen molar-refractivity contribution in [2.45, 2.75) is 0 Å². The van der Waals surface area contributed by atoms with Gasteiger partial charge in [-0.15, -0.1) is 0 Å². The van der Waals surface area contributed by atoms with Gasteiger partial charge in [0.1, 0.15) is 11.2 Å². The summed E-state index contributed by atoms with van der Waals surface area (Å²) in [6.45, 7) is 0. The van der Waals surface area contributed by atoms with E-state index < -0.39 is 0 Å². The highest BCUT2D eigenvalue weighted by molar-refractivity contribution is 6.28. The molecule has 0 radical (unpaired) electrons. The molecule has 4 aromatic heterocycles. The minimum absolute atomic E-state index is 0.551. The van der Waals surface area contributed by atoms with Crippen LogP contribution in [0.4, 0.5) is 0 Å². The molecule has 0 spiro atoms. The third-order valence-corrected chi connectivity index (χ3v) is 11.7. The van der Waals surface area contributed by atoms with E-state index in [0.29, 0.717) is 17.6 Å². The van der Waals surface area contributed by atoms with E-state index in [4.69, 9.17) is 19.4 Å². The fourth-order valence-corrected chi connectivity index (χ4v) is 9.39. The SMILES string of the molecule is c1ccc(-c2nc(-c3cccc4oc5ccccc5c34)nc(-n3c4ccccc4c4c5c6c(cc43)c3ccccc3n6-c3ccccc3-c3ccccc3-5)n2)cc1. The summed E-state index contributed by atoms with van der Waals surface area (Å²) in [6.07, 6.45) is 0. The molecule has 0 saturated carbocycles. The van der Waals surface area contributed by atoms with Crippen LogP contribution in [-0.4, -0.2) is 24.1 Å². The molecule has 0 fully saturated rings. The van der Waals surface area contributed by atoms with Gasteiger partial charge in [0.05, 0.1) is 27.8 Å². The van der Waals surface area contributed by atoms with Gasteiger partial charge in [0, 0.05) is 54.6 Å². The van der Waals surface area contributed by atoms with E-state index in [1.807, 2.05) is 48.5 Å². The van der Waals surface area contributed by atoms with Crippen LogP contribution in [0, 0.1) is 0 Å². The molecule has 0 aliphatic carbocycles. The molecule has 1 aliphatic rings. The summed E-state index contributed by atoms with van der Waals surface area (Å²) in [7, 11) is 0. The average Bonchev–Trinajstić information content (AvgIpc) is 3.91. The Labute approximate surface area is 325 Å². The molecule has 0 bridgehead atoms. The van der Waals surface area contributed by atoms with Gasteiger partial charge in [0.15, 0.2) is 11.6 Å². The molecule has 5 heterocycles. The number of benzene rings is 8. The molecule has 0 saturated heterocycles. The Morgan fingerprint density at radius 2 is 1.02 bits per heavy atom. The fraction of sp³-hybridized carbons (Fsp3) is 0. The van der Waals surface area contributed by atoms with Gasteiger partial charge in [0.2, 0.25) is 5.95 Å². The minimum atomic E-state index is 0.551. The van der Waals surface area contributed by atoms with Gasteiger partial charge in [-0.1, -0.05) is 140 Å². The third-order valence-electron chi connectivity index (χ3n) is 11.7. The lowest BCUT2D eigenvalue weighted by Gasteiger charge is -2.13. The maximum Gasteiger partial charge on any atom is 0.238 e. The Bertz CT molecular complexity index is 3650. The van der Waals surface area contributed by atoms with Crippen molar-refractivity contribution in [3.63, 3.8) is 0 Å². The highest BCUT2D eigenvalue weighted by Gasteiger charge is 2.29. The number of nitrogens with zero attached hydrogens (tertiary/aromatic N) is 5. The van der Waals surface area contributed by atoms with Crippen molar-refractivity contribution in [2.75, 3.05) is 0 Å². The van der Waals surface area contributed by atoms with Crippen LogP contribution >= 0.6 is 0 Å².